The van der Waals surface area contributed by atoms with Crippen molar-refractivity contribution in [1.29, 1.82) is 0 Å². The van der Waals surface area contributed by atoms with E-state index in [0.717, 1.165) is 26.1 Å². The number of rotatable bonds is 4. The second-order valence-electron chi connectivity index (χ2n) is 3.88. The molecule has 2 rings (SSSR count). The molecule has 82 valence electrons. The highest BCUT2D eigenvalue weighted by atomic mass is 16.7. The number of methoxy groups -OCH3 is 1. The molecule has 1 saturated heterocycles. The van der Waals surface area contributed by atoms with E-state index in [1.165, 1.54) is 6.42 Å². The summed E-state index contributed by atoms with van der Waals surface area (Å²) in [5, 5.41) is 0. The van der Waals surface area contributed by atoms with Crippen molar-refractivity contribution >= 4 is 0 Å². The van der Waals surface area contributed by atoms with Crippen LogP contribution in [-0.2, 0) is 18.9 Å². The van der Waals surface area contributed by atoms with Crippen LogP contribution < -0.4 is 0 Å². The van der Waals surface area contributed by atoms with Gasteiger partial charge in [0, 0.05) is 19.4 Å². The Morgan fingerprint density at radius 3 is 2.86 bits per heavy atom. The molecule has 2 fully saturated rings. The molecule has 1 spiro atoms. The van der Waals surface area contributed by atoms with E-state index in [1.54, 1.807) is 7.11 Å². The summed E-state index contributed by atoms with van der Waals surface area (Å²) in [7, 11) is 1.63. The predicted molar refractivity (Wildman–Crippen MR) is 49.8 cm³/mol. The smallest absolute Gasteiger partial charge is 0.173 e. The summed E-state index contributed by atoms with van der Waals surface area (Å²) >= 11 is 0. The minimum atomic E-state index is -0.326. The Bertz CT molecular complexity index is 171. The normalized spacial score (nSPS) is 30.2. The molecule has 0 bridgehead atoms. The molecule has 0 aromatic rings. The van der Waals surface area contributed by atoms with Gasteiger partial charge in [0.05, 0.1) is 19.8 Å². The molecule has 1 aliphatic carbocycles. The third-order valence-corrected chi connectivity index (χ3v) is 3.00. The molecule has 1 heterocycles. The first kappa shape index (κ1) is 10.4. The molecule has 4 nitrogen and oxygen atoms in total. The summed E-state index contributed by atoms with van der Waals surface area (Å²) in [5.74, 6) is 0.0495. The van der Waals surface area contributed by atoms with Crippen LogP contribution in [0.1, 0.15) is 19.3 Å². The molecular formula is C10H18O4. The fraction of sp³-hybridized carbons (Fsp3) is 1.00. The van der Waals surface area contributed by atoms with Crippen LogP contribution >= 0.6 is 0 Å². The summed E-state index contributed by atoms with van der Waals surface area (Å²) in [6.07, 6.45) is 3.30. The highest BCUT2D eigenvalue weighted by molar-refractivity contribution is 4.88. The minimum Gasteiger partial charge on any atom is -0.359 e. The molecule has 0 amide bonds. The number of hydrogen-bond acceptors (Lipinski definition) is 4. The SMILES string of the molecule is COCOCC1CCCC12OCCO2. The largest absolute Gasteiger partial charge is 0.359 e. The van der Waals surface area contributed by atoms with Crippen LogP contribution in [0.3, 0.4) is 0 Å². The Hall–Kier alpha value is -0.160. The van der Waals surface area contributed by atoms with Gasteiger partial charge in [-0.05, 0) is 12.8 Å². The lowest BCUT2D eigenvalue weighted by Gasteiger charge is -2.28. The Labute approximate surface area is 84.5 Å². The van der Waals surface area contributed by atoms with E-state index in [1.807, 2.05) is 0 Å². The standard InChI is InChI=1S/C10H18O4/c1-11-8-12-7-9-3-2-4-10(9)13-5-6-14-10/h9H,2-8H2,1H3. The fourth-order valence-corrected chi connectivity index (χ4v) is 2.35. The average Bonchev–Trinajstić information content (AvgIpc) is 2.80. The van der Waals surface area contributed by atoms with Crippen molar-refractivity contribution in [2.45, 2.75) is 25.0 Å². The van der Waals surface area contributed by atoms with Crippen molar-refractivity contribution < 1.29 is 18.9 Å². The second-order valence-corrected chi connectivity index (χ2v) is 3.88. The molecule has 14 heavy (non-hydrogen) atoms. The lowest BCUT2D eigenvalue weighted by molar-refractivity contribution is -0.197. The van der Waals surface area contributed by atoms with Gasteiger partial charge in [0.25, 0.3) is 0 Å². The van der Waals surface area contributed by atoms with Gasteiger partial charge in [-0.2, -0.15) is 0 Å². The van der Waals surface area contributed by atoms with Crippen LogP contribution in [0.15, 0.2) is 0 Å². The van der Waals surface area contributed by atoms with Gasteiger partial charge in [0.1, 0.15) is 6.79 Å². The van der Waals surface area contributed by atoms with E-state index in [9.17, 15) is 0 Å². The summed E-state index contributed by atoms with van der Waals surface area (Å²) in [6.45, 7) is 2.47. The van der Waals surface area contributed by atoms with Crippen LogP contribution in [0.5, 0.6) is 0 Å². The minimum absolute atomic E-state index is 0.326. The molecule has 0 N–H and O–H groups in total. The maximum atomic E-state index is 5.70. The van der Waals surface area contributed by atoms with Gasteiger partial charge in [-0.1, -0.05) is 0 Å². The zero-order chi connectivity index (χ0) is 9.86. The van der Waals surface area contributed by atoms with Crippen LogP contribution in [0.4, 0.5) is 0 Å². The van der Waals surface area contributed by atoms with Crippen molar-refractivity contribution in [3.05, 3.63) is 0 Å². The van der Waals surface area contributed by atoms with Crippen LogP contribution in [-0.4, -0.2) is 39.5 Å². The summed E-state index contributed by atoms with van der Waals surface area (Å²) in [5.41, 5.74) is 0. The number of hydrogen-bond donors (Lipinski definition) is 0. The predicted octanol–water partition coefficient (Wildman–Crippen LogP) is 1.15. The van der Waals surface area contributed by atoms with Crippen molar-refractivity contribution in [2.24, 2.45) is 5.92 Å². The maximum absolute atomic E-state index is 5.70. The van der Waals surface area contributed by atoms with Crippen molar-refractivity contribution in [3.8, 4) is 0 Å². The Morgan fingerprint density at radius 2 is 2.14 bits per heavy atom. The summed E-state index contributed by atoms with van der Waals surface area (Å²) < 4.78 is 21.6. The van der Waals surface area contributed by atoms with Gasteiger partial charge < -0.3 is 18.9 Å². The van der Waals surface area contributed by atoms with E-state index in [2.05, 4.69) is 0 Å². The topological polar surface area (TPSA) is 36.9 Å². The van der Waals surface area contributed by atoms with E-state index in [0.29, 0.717) is 19.3 Å². The average molecular weight is 202 g/mol. The van der Waals surface area contributed by atoms with Gasteiger partial charge in [-0.25, -0.2) is 0 Å². The monoisotopic (exact) mass is 202 g/mol. The third-order valence-electron chi connectivity index (χ3n) is 3.00. The van der Waals surface area contributed by atoms with Gasteiger partial charge in [0.15, 0.2) is 5.79 Å². The molecular weight excluding hydrogens is 184 g/mol. The first-order valence-corrected chi connectivity index (χ1v) is 5.22. The molecule has 0 radical (unpaired) electrons. The van der Waals surface area contributed by atoms with E-state index < -0.39 is 0 Å². The molecule has 0 aromatic carbocycles. The molecule has 2 aliphatic rings. The van der Waals surface area contributed by atoms with Gasteiger partial charge >= 0.3 is 0 Å². The first-order chi connectivity index (χ1) is 6.87. The maximum Gasteiger partial charge on any atom is 0.173 e. The molecule has 1 aliphatic heterocycles. The molecule has 0 aromatic heterocycles. The lowest BCUT2D eigenvalue weighted by atomic mass is 10.0. The number of ether oxygens (including phenoxy) is 4. The zero-order valence-corrected chi connectivity index (χ0v) is 8.66. The van der Waals surface area contributed by atoms with Gasteiger partial charge in [-0.3, -0.25) is 0 Å². The van der Waals surface area contributed by atoms with E-state index in [4.69, 9.17) is 18.9 Å². The first-order valence-electron chi connectivity index (χ1n) is 5.22. The quantitative estimate of drug-likeness (QED) is 0.506. The zero-order valence-electron chi connectivity index (χ0n) is 8.66. The van der Waals surface area contributed by atoms with Crippen molar-refractivity contribution in [1.82, 2.24) is 0 Å². The lowest BCUT2D eigenvalue weighted by Crippen LogP contribution is -2.37. The third kappa shape index (κ3) is 1.93. The summed E-state index contributed by atoms with van der Waals surface area (Å²) in [6, 6.07) is 0. The molecule has 1 unspecified atom stereocenters. The Morgan fingerprint density at radius 1 is 1.36 bits per heavy atom. The van der Waals surface area contributed by atoms with Crippen molar-refractivity contribution in [3.63, 3.8) is 0 Å². The van der Waals surface area contributed by atoms with Crippen LogP contribution in [0.25, 0.3) is 0 Å². The van der Waals surface area contributed by atoms with Crippen molar-refractivity contribution in [2.75, 3.05) is 33.7 Å². The van der Waals surface area contributed by atoms with E-state index >= 15 is 0 Å². The van der Waals surface area contributed by atoms with Gasteiger partial charge in [-0.15, -0.1) is 0 Å². The molecule has 1 saturated carbocycles. The Kier molecular flexibility index (Phi) is 3.38. The van der Waals surface area contributed by atoms with E-state index in [-0.39, 0.29) is 5.79 Å². The summed E-state index contributed by atoms with van der Waals surface area (Å²) in [4.78, 5) is 0. The Balaban J connectivity index is 1.84. The fourth-order valence-electron chi connectivity index (χ4n) is 2.35. The van der Waals surface area contributed by atoms with Crippen LogP contribution in [0, 0.1) is 5.92 Å². The highest BCUT2D eigenvalue weighted by Gasteiger charge is 2.47. The molecule has 4 heteroatoms. The molecule has 1 atom stereocenters. The van der Waals surface area contributed by atoms with Crippen LogP contribution in [0.2, 0.25) is 0 Å². The van der Waals surface area contributed by atoms with Gasteiger partial charge in [0.2, 0.25) is 0 Å². The highest BCUT2D eigenvalue weighted by Crippen LogP contribution is 2.42. The second kappa shape index (κ2) is 4.57.